The van der Waals surface area contributed by atoms with Crippen molar-refractivity contribution in [3.63, 3.8) is 0 Å². The van der Waals surface area contributed by atoms with Crippen LogP contribution < -0.4 is 10.5 Å². The van der Waals surface area contributed by atoms with E-state index < -0.39 is 5.97 Å². The highest BCUT2D eigenvalue weighted by Crippen LogP contribution is 2.18. The predicted octanol–water partition coefficient (Wildman–Crippen LogP) is 1.13. The summed E-state index contributed by atoms with van der Waals surface area (Å²) in [7, 11) is 1.31. The van der Waals surface area contributed by atoms with E-state index in [1.807, 2.05) is 13.0 Å². The summed E-state index contributed by atoms with van der Waals surface area (Å²) in [5.74, 6) is 0.155. The number of aryl methyl sites for hydroxylation is 1. The van der Waals surface area contributed by atoms with Crippen molar-refractivity contribution in [2.75, 3.05) is 19.5 Å². The quantitative estimate of drug-likeness (QED) is 0.580. The van der Waals surface area contributed by atoms with E-state index in [2.05, 4.69) is 4.74 Å². The Morgan fingerprint density at radius 3 is 2.79 bits per heavy atom. The van der Waals surface area contributed by atoms with Gasteiger partial charge in [-0.2, -0.15) is 0 Å². The van der Waals surface area contributed by atoms with Crippen LogP contribution in [0.5, 0.6) is 5.75 Å². The molecule has 0 aliphatic rings. The van der Waals surface area contributed by atoms with Crippen LogP contribution in [0.25, 0.3) is 0 Å². The van der Waals surface area contributed by atoms with E-state index in [1.165, 1.54) is 7.11 Å². The van der Waals surface area contributed by atoms with Gasteiger partial charge in [0.1, 0.15) is 5.75 Å². The van der Waals surface area contributed by atoms with Crippen LogP contribution >= 0.6 is 0 Å². The van der Waals surface area contributed by atoms with Crippen LogP contribution in [0.3, 0.4) is 0 Å². The van der Waals surface area contributed by atoms with Crippen LogP contribution in [0.2, 0.25) is 0 Å². The van der Waals surface area contributed by atoms with Crippen LogP contribution in [-0.2, 0) is 9.53 Å². The zero-order chi connectivity index (χ0) is 10.6. The number of nitrogen functional groups attached to an aromatic ring is 1. The molecule has 0 aromatic heterocycles. The van der Waals surface area contributed by atoms with Crippen molar-refractivity contribution in [2.24, 2.45) is 0 Å². The molecule has 76 valence electrons. The number of carbonyl (C=O) groups is 1. The number of hydrogen-bond acceptors (Lipinski definition) is 4. The summed E-state index contributed by atoms with van der Waals surface area (Å²) < 4.78 is 9.57. The number of rotatable bonds is 3. The molecule has 0 saturated heterocycles. The number of hydrogen-bond donors (Lipinski definition) is 1. The van der Waals surface area contributed by atoms with E-state index >= 15 is 0 Å². The third-order valence-electron chi connectivity index (χ3n) is 1.84. The molecule has 4 nitrogen and oxygen atoms in total. The van der Waals surface area contributed by atoms with Crippen molar-refractivity contribution in [3.8, 4) is 5.75 Å². The third-order valence-corrected chi connectivity index (χ3v) is 1.84. The molecule has 0 spiro atoms. The summed E-state index contributed by atoms with van der Waals surface area (Å²) in [5.41, 5.74) is 7.29. The first-order valence-corrected chi connectivity index (χ1v) is 4.19. The Bertz CT molecular complexity index is 336. The molecule has 0 fully saturated rings. The highest BCUT2D eigenvalue weighted by molar-refractivity contribution is 5.71. The summed E-state index contributed by atoms with van der Waals surface area (Å²) in [4.78, 5) is 10.8. The monoisotopic (exact) mass is 195 g/mol. The number of esters is 1. The smallest absolute Gasteiger partial charge is 0.343 e. The Hall–Kier alpha value is -1.71. The third kappa shape index (κ3) is 2.65. The predicted molar refractivity (Wildman–Crippen MR) is 53.1 cm³/mol. The molecule has 0 unspecified atom stereocenters. The largest absolute Gasteiger partial charge is 0.482 e. The maximum Gasteiger partial charge on any atom is 0.343 e. The van der Waals surface area contributed by atoms with E-state index in [0.29, 0.717) is 11.4 Å². The van der Waals surface area contributed by atoms with Gasteiger partial charge in [0.05, 0.1) is 7.11 Å². The summed E-state index contributed by atoms with van der Waals surface area (Å²) in [6.07, 6.45) is 0. The first kappa shape index (κ1) is 10.4. The van der Waals surface area contributed by atoms with Crippen LogP contribution in [0.1, 0.15) is 5.56 Å². The van der Waals surface area contributed by atoms with Crippen LogP contribution in [0.15, 0.2) is 18.2 Å². The lowest BCUT2D eigenvalue weighted by atomic mass is 10.2. The normalized spacial score (nSPS) is 9.57. The molecule has 0 bridgehead atoms. The number of nitrogens with two attached hydrogens (primary N) is 1. The van der Waals surface area contributed by atoms with E-state index in [-0.39, 0.29) is 6.61 Å². The van der Waals surface area contributed by atoms with E-state index in [4.69, 9.17) is 10.5 Å². The maximum atomic E-state index is 10.8. The van der Waals surface area contributed by atoms with Crippen molar-refractivity contribution in [1.29, 1.82) is 0 Å². The fourth-order valence-electron chi connectivity index (χ4n) is 0.910. The summed E-state index contributed by atoms with van der Waals surface area (Å²) >= 11 is 0. The SMILES string of the molecule is COC(=O)COc1ccc(C)c(N)c1. The first-order chi connectivity index (χ1) is 6.63. The lowest BCUT2D eigenvalue weighted by Gasteiger charge is -2.06. The number of methoxy groups -OCH3 is 1. The molecule has 14 heavy (non-hydrogen) atoms. The molecule has 1 aromatic rings. The number of benzene rings is 1. The van der Waals surface area contributed by atoms with Gasteiger partial charge in [-0.1, -0.05) is 6.07 Å². The zero-order valence-electron chi connectivity index (χ0n) is 8.24. The Morgan fingerprint density at radius 1 is 1.50 bits per heavy atom. The summed E-state index contributed by atoms with van der Waals surface area (Å²) in [6, 6.07) is 5.27. The molecule has 0 aliphatic carbocycles. The molecule has 1 aromatic carbocycles. The molecule has 1 rings (SSSR count). The van der Waals surface area contributed by atoms with Gasteiger partial charge in [-0.3, -0.25) is 0 Å². The maximum absolute atomic E-state index is 10.8. The second-order valence-electron chi connectivity index (χ2n) is 2.88. The average molecular weight is 195 g/mol. The first-order valence-electron chi connectivity index (χ1n) is 4.19. The van der Waals surface area contributed by atoms with Crippen LogP contribution in [0, 0.1) is 6.92 Å². The number of carbonyl (C=O) groups excluding carboxylic acids is 1. The van der Waals surface area contributed by atoms with Gasteiger partial charge in [-0.25, -0.2) is 4.79 Å². The summed E-state index contributed by atoms with van der Waals surface area (Å²) in [6.45, 7) is 1.80. The Morgan fingerprint density at radius 2 is 2.21 bits per heavy atom. The van der Waals surface area contributed by atoms with Crippen molar-refractivity contribution in [1.82, 2.24) is 0 Å². The molecule has 0 radical (unpaired) electrons. The number of anilines is 1. The van der Waals surface area contributed by atoms with Gasteiger partial charge in [0.25, 0.3) is 0 Å². The highest BCUT2D eigenvalue weighted by atomic mass is 16.6. The lowest BCUT2D eigenvalue weighted by Crippen LogP contribution is -2.12. The fraction of sp³-hybridized carbons (Fsp3) is 0.300. The molecular formula is C10H13NO3. The average Bonchev–Trinajstić information content (AvgIpc) is 2.19. The van der Waals surface area contributed by atoms with Crippen molar-refractivity contribution in [3.05, 3.63) is 23.8 Å². The Labute approximate surface area is 82.6 Å². The van der Waals surface area contributed by atoms with Gasteiger partial charge in [-0.15, -0.1) is 0 Å². The molecular weight excluding hydrogens is 182 g/mol. The van der Waals surface area contributed by atoms with Crippen molar-refractivity contribution >= 4 is 11.7 Å². The number of ether oxygens (including phenoxy) is 2. The van der Waals surface area contributed by atoms with Gasteiger partial charge < -0.3 is 15.2 Å². The van der Waals surface area contributed by atoms with Crippen LogP contribution in [0.4, 0.5) is 5.69 Å². The second kappa shape index (κ2) is 4.50. The lowest BCUT2D eigenvalue weighted by molar-refractivity contribution is -0.142. The minimum atomic E-state index is -0.413. The van der Waals surface area contributed by atoms with E-state index in [9.17, 15) is 4.79 Å². The topological polar surface area (TPSA) is 61.5 Å². The zero-order valence-corrected chi connectivity index (χ0v) is 8.24. The van der Waals surface area contributed by atoms with E-state index in [0.717, 1.165) is 5.56 Å². The minimum Gasteiger partial charge on any atom is -0.482 e. The Kier molecular flexibility index (Phi) is 3.34. The van der Waals surface area contributed by atoms with Gasteiger partial charge >= 0.3 is 5.97 Å². The van der Waals surface area contributed by atoms with Gasteiger partial charge in [-0.05, 0) is 18.6 Å². The second-order valence-corrected chi connectivity index (χ2v) is 2.88. The van der Waals surface area contributed by atoms with Gasteiger partial charge in [0, 0.05) is 11.8 Å². The molecule has 0 aliphatic heterocycles. The van der Waals surface area contributed by atoms with E-state index in [1.54, 1.807) is 12.1 Å². The summed E-state index contributed by atoms with van der Waals surface area (Å²) in [5, 5.41) is 0. The highest BCUT2D eigenvalue weighted by Gasteiger charge is 2.02. The Balaban J connectivity index is 2.60. The van der Waals surface area contributed by atoms with Crippen molar-refractivity contribution in [2.45, 2.75) is 6.92 Å². The molecule has 0 atom stereocenters. The fourth-order valence-corrected chi connectivity index (χ4v) is 0.910. The van der Waals surface area contributed by atoms with Gasteiger partial charge in [0.15, 0.2) is 6.61 Å². The van der Waals surface area contributed by atoms with Crippen molar-refractivity contribution < 1.29 is 14.3 Å². The minimum absolute atomic E-state index is 0.0982. The molecule has 4 heteroatoms. The molecule has 0 amide bonds. The molecule has 0 heterocycles. The molecule has 0 saturated carbocycles. The van der Waals surface area contributed by atoms with Gasteiger partial charge in [0.2, 0.25) is 0 Å². The molecule has 2 N–H and O–H groups in total. The van der Waals surface area contributed by atoms with Crippen LogP contribution in [-0.4, -0.2) is 19.7 Å². The standard InChI is InChI=1S/C10H13NO3/c1-7-3-4-8(5-9(7)11)14-6-10(12)13-2/h3-5H,6,11H2,1-2H3.